The predicted molar refractivity (Wildman–Crippen MR) is 84.3 cm³/mol. The Labute approximate surface area is 126 Å². The van der Waals surface area contributed by atoms with Crippen molar-refractivity contribution in [3.8, 4) is 5.69 Å². The molecule has 3 rings (SSSR count). The number of nitrogens with one attached hydrogen (secondary N) is 1. The number of hydrogen-bond acceptors (Lipinski definition) is 3. The van der Waals surface area contributed by atoms with Crippen LogP contribution in [0.4, 0.5) is 4.79 Å². The first-order valence-corrected chi connectivity index (χ1v) is 7.37. The van der Waals surface area contributed by atoms with Gasteiger partial charge in [0, 0.05) is 11.9 Å². The highest BCUT2D eigenvalue weighted by molar-refractivity contribution is 8.18. The molecular formula is C16H14N2O2S. The summed E-state index contributed by atoms with van der Waals surface area (Å²) >= 11 is 0.939. The molecule has 0 radical (unpaired) electrons. The first-order chi connectivity index (χ1) is 10.1. The van der Waals surface area contributed by atoms with Gasteiger partial charge in [-0.25, -0.2) is 0 Å². The van der Waals surface area contributed by atoms with E-state index in [9.17, 15) is 9.59 Å². The van der Waals surface area contributed by atoms with Crippen LogP contribution in [-0.4, -0.2) is 15.7 Å². The fourth-order valence-corrected chi connectivity index (χ4v) is 2.93. The average Bonchev–Trinajstić information content (AvgIpc) is 2.93. The van der Waals surface area contributed by atoms with Crippen LogP contribution in [0.5, 0.6) is 0 Å². The van der Waals surface area contributed by atoms with Crippen LogP contribution < -0.4 is 5.32 Å². The Morgan fingerprint density at radius 2 is 1.86 bits per heavy atom. The molecule has 2 aromatic rings. The van der Waals surface area contributed by atoms with E-state index in [0.717, 1.165) is 34.3 Å². The van der Waals surface area contributed by atoms with Gasteiger partial charge in [0.05, 0.1) is 10.6 Å². The van der Waals surface area contributed by atoms with Gasteiger partial charge in [-0.3, -0.25) is 14.9 Å². The third kappa shape index (κ3) is 2.52. The van der Waals surface area contributed by atoms with E-state index in [2.05, 4.69) is 5.32 Å². The number of aryl methyl sites for hydroxylation is 1. The van der Waals surface area contributed by atoms with Crippen molar-refractivity contribution in [2.75, 3.05) is 0 Å². The van der Waals surface area contributed by atoms with Crippen LogP contribution in [0.25, 0.3) is 11.8 Å². The van der Waals surface area contributed by atoms with Crippen LogP contribution in [0.3, 0.4) is 0 Å². The third-order valence-electron chi connectivity index (χ3n) is 3.50. The highest BCUT2D eigenvalue weighted by atomic mass is 32.2. The third-order valence-corrected chi connectivity index (χ3v) is 4.31. The Balaban J connectivity index is 2.13. The van der Waals surface area contributed by atoms with Gasteiger partial charge in [0.25, 0.3) is 11.1 Å². The summed E-state index contributed by atoms with van der Waals surface area (Å²) in [6.45, 7) is 4.05. The maximum absolute atomic E-state index is 11.7. The minimum absolute atomic E-state index is 0.321. The lowest BCUT2D eigenvalue weighted by molar-refractivity contribution is -0.115. The lowest BCUT2D eigenvalue weighted by atomic mass is 10.2. The van der Waals surface area contributed by atoms with E-state index in [-0.39, 0.29) is 11.1 Å². The number of amides is 2. The topological polar surface area (TPSA) is 51.1 Å². The van der Waals surface area contributed by atoms with E-state index >= 15 is 0 Å². The van der Waals surface area contributed by atoms with Gasteiger partial charge in [-0.1, -0.05) is 18.2 Å². The molecule has 0 saturated carbocycles. The van der Waals surface area contributed by atoms with E-state index in [1.165, 1.54) is 0 Å². The summed E-state index contributed by atoms with van der Waals surface area (Å²) in [4.78, 5) is 23.4. The number of carbonyl (C=O) groups excluding carboxylic acids is 2. The number of benzene rings is 1. The molecule has 0 unspecified atom stereocenters. The number of imide groups is 1. The summed E-state index contributed by atoms with van der Waals surface area (Å²) < 4.78 is 2.04. The zero-order valence-electron chi connectivity index (χ0n) is 11.7. The molecule has 5 heteroatoms. The number of nitrogens with zero attached hydrogens (tertiary/aromatic N) is 1. The van der Waals surface area contributed by atoms with E-state index < -0.39 is 0 Å². The maximum atomic E-state index is 11.7. The number of para-hydroxylation sites is 1. The first-order valence-electron chi connectivity index (χ1n) is 6.55. The molecule has 1 aromatic heterocycles. The van der Waals surface area contributed by atoms with Crippen LogP contribution in [-0.2, 0) is 4.79 Å². The summed E-state index contributed by atoms with van der Waals surface area (Å²) in [5, 5.41) is 1.96. The second-order valence-corrected chi connectivity index (χ2v) is 5.89. The Morgan fingerprint density at radius 3 is 2.48 bits per heavy atom. The Bertz CT molecular complexity index is 760. The molecule has 1 aromatic carbocycles. The van der Waals surface area contributed by atoms with Crippen molar-refractivity contribution in [1.29, 1.82) is 0 Å². The summed E-state index contributed by atoms with van der Waals surface area (Å²) in [6.07, 6.45) is 3.82. The minimum atomic E-state index is -0.331. The Kier molecular flexibility index (Phi) is 3.43. The van der Waals surface area contributed by atoms with Crippen molar-refractivity contribution in [3.05, 3.63) is 58.3 Å². The van der Waals surface area contributed by atoms with Crippen molar-refractivity contribution < 1.29 is 9.59 Å². The molecule has 1 fully saturated rings. The van der Waals surface area contributed by atoms with Gasteiger partial charge in [0.15, 0.2) is 0 Å². The fraction of sp³-hybridized carbons (Fsp3) is 0.125. The molecule has 21 heavy (non-hydrogen) atoms. The maximum Gasteiger partial charge on any atom is 0.290 e. The quantitative estimate of drug-likeness (QED) is 0.864. The monoisotopic (exact) mass is 298 g/mol. The summed E-state index contributed by atoms with van der Waals surface area (Å²) in [6, 6.07) is 9.92. The number of thioether (sulfide) groups is 1. The molecule has 0 bridgehead atoms. The van der Waals surface area contributed by atoms with E-state index in [1.54, 1.807) is 6.08 Å². The molecule has 1 N–H and O–H groups in total. The highest BCUT2D eigenvalue weighted by Gasteiger charge is 2.26. The summed E-state index contributed by atoms with van der Waals surface area (Å²) in [5.74, 6) is -0.331. The van der Waals surface area contributed by atoms with Crippen molar-refractivity contribution >= 4 is 29.0 Å². The molecule has 0 aliphatic carbocycles. The molecular weight excluding hydrogens is 284 g/mol. The summed E-state index contributed by atoms with van der Waals surface area (Å²) in [5.41, 5.74) is 4.18. The van der Waals surface area contributed by atoms with Gasteiger partial charge < -0.3 is 4.57 Å². The molecule has 0 spiro atoms. The Hall–Kier alpha value is -2.27. The largest absolute Gasteiger partial charge is 0.317 e. The second kappa shape index (κ2) is 5.26. The second-order valence-electron chi connectivity index (χ2n) is 4.88. The molecule has 2 heterocycles. The predicted octanol–water partition coefficient (Wildman–Crippen LogP) is 3.42. The standard InChI is InChI=1S/C16H14N2O2S/c1-10-9-18(12-6-4-3-5-7-12)13(11(10)2)8-14-15(19)17-16(20)21-14/h3-9H,1-2H3,(H,17,19,20). The van der Waals surface area contributed by atoms with Crippen LogP contribution >= 0.6 is 11.8 Å². The Morgan fingerprint density at radius 1 is 1.14 bits per heavy atom. The van der Waals surface area contributed by atoms with Gasteiger partial charge in [-0.05, 0) is 54.9 Å². The van der Waals surface area contributed by atoms with Crippen molar-refractivity contribution in [3.63, 3.8) is 0 Å². The van der Waals surface area contributed by atoms with Crippen molar-refractivity contribution in [1.82, 2.24) is 9.88 Å². The molecule has 1 aliphatic heterocycles. The molecule has 106 valence electrons. The summed E-state index contributed by atoms with van der Waals surface area (Å²) in [7, 11) is 0. The number of hydrogen-bond donors (Lipinski definition) is 1. The lowest BCUT2D eigenvalue weighted by Crippen LogP contribution is -2.17. The van der Waals surface area contributed by atoms with Crippen LogP contribution in [0, 0.1) is 13.8 Å². The lowest BCUT2D eigenvalue weighted by Gasteiger charge is -2.07. The van der Waals surface area contributed by atoms with Crippen LogP contribution in [0.15, 0.2) is 41.4 Å². The van der Waals surface area contributed by atoms with Crippen LogP contribution in [0.2, 0.25) is 0 Å². The normalized spacial score (nSPS) is 16.6. The average molecular weight is 298 g/mol. The number of rotatable bonds is 2. The fourth-order valence-electron chi connectivity index (χ4n) is 2.27. The van der Waals surface area contributed by atoms with Gasteiger partial charge in [0.2, 0.25) is 0 Å². The van der Waals surface area contributed by atoms with E-state index in [0.29, 0.717) is 4.91 Å². The highest BCUT2D eigenvalue weighted by Crippen LogP contribution is 2.29. The zero-order chi connectivity index (χ0) is 15.0. The molecule has 4 nitrogen and oxygen atoms in total. The van der Waals surface area contributed by atoms with Crippen molar-refractivity contribution in [2.45, 2.75) is 13.8 Å². The van der Waals surface area contributed by atoms with Gasteiger partial charge >= 0.3 is 0 Å². The van der Waals surface area contributed by atoms with E-state index in [1.807, 2.05) is 54.9 Å². The van der Waals surface area contributed by atoms with Gasteiger partial charge in [-0.15, -0.1) is 0 Å². The van der Waals surface area contributed by atoms with Crippen molar-refractivity contribution in [2.24, 2.45) is 0 Å². The number of aromatic nitrogens is 1. The number of carbonyl (C=O) groups is 2. The molecule has 2 amide bonds. The minimum Gasteiger partial charge on any atom is -0.317 e. The van der Waals surface area contributed by atoms with Crippen LogP contribution in [0.1, 0.15) is 16.8 Å². The van der Waals surface area contributed by atoms with Gasteiger partial charge in [-0.2, -0.15) is 0 Å². The SMILES string of the molecule is Cc1cn(-c2ccccc2)c(C=C2SC(=O)NC2=O)c1C. The smallest absolute Gasteiger partial charge is 0.290 e. The van der Waals surface area contributed by atoms with E-state index in [4.69, 9.17) is 0 Å². The first kappa shape index (κ1) is 13.7. The molecule has 1 saturated heterocycles. The van der Waals surface area contributed by atoms with Gasteiger partial charge in [0.1, 0.15) is 0 Å². The molecule has 1 aliphatic rings. The zero-order valence-corrected chi connectivity index (χ0v) is 12.5. The molecule has 0 atom stereocenters.